The number of anilines is 1. The molecule has 0 unspecified atom stereocenters. The van der Waals surface area contributed by atoms with Crippen LogP contribution >= 0.6 is 0 Å². The fourth-order valence-corrected chi connectivity index (χ4v) is 3.86. The Morgan fingerprint density at radius 3 is 2.62 bits per heavy atom. The number of fused-ring (bicyclic) bond motifs is 1. The van der Waals surface area contributed by atoms with E-state index in [4.69, 9.17) is 9.47 Å². The summed E-state index contributed by atoms with van der Waals surface area (Å²) in [6.45, 7) is 3.95. The first-order chi connectivity index (χ1) is 13.5. The fourth-order valence-electron chi connectivity index (χ4n) is 3.36. The lowest BCUT2D eigenvalue weighted by atomic mass is 9.89. The number of carbonyl (C=O) groups excluding carboxylic acids is 1. The number of ether oxygens (including phenoxy) is 2. The van der Waals surface area contributed by atoms with Gasteiger partial charge in [0, 0.05) is 24.6 Å². The first-order valence-corrected chi connectivity index (χ1v) is 11.1. The molecule has 0 saturated heterocycles. The SMILES string of the molecule is COc1ccc2c(c1)[C@@H](NC(=O)c1cccc(N(C)S(C)(=O)=O)c1)CC(C)(C)O2. The second-order valence-electron chi connectivity index (χ2n) is 7.78. The van der Waals surface area contributed by atoms with Crippen LogP contribution in [0.2, 0.25) is 0 Å². The van der Waals surface area contributed by atoms with Crippen LogP contribution in [0.4, 0.5) is 5.69 Å². The molecule has 7 nitrogen and oxygen atoms in total. The highest BCUT2D eigenvalue weighted by molar-refractivity contribution is 7.92. The number of nitrogens with zero attached hydrogens (tertiary/aromatic N) is 1. The lowest BCUT2D eigenvalue weighted by Crippen LogP contribution is -2.41. The van der Waals surface area contributed by atoms with Crippen LogP contribution in [0.5, 0.6) is 11.5 Å². The van der Waals surface area contributed by atoms with E-state index in [2.05, 4.69) is 5.32 Å². The summed E-state index contributed by atoms with van der Waals surface area (Å²) in [5.74, 6) is 1.10. The first kappa shape index (κ1) is 21.0. The van der Waals surface area contributed by atoms with Gasteiger partial charge in [0.15, 0.2) is 0 Å². The Balaban J connectivity index is 1.89. The van der Waals surface area contributed by atoms with Crippen LogP contribution in [0.25, 0.3) is 0 Å². The van der Waals surface area contributed by atoms with Gasteiger partial charge in [-0.2, -0.15) is 0 Å². The average molecular weight is 419 g/mol. The molecule has 0 bridgehead atoms. The minimum Gasteiger partial charge on any atom is -0.497 e. The van der Waals surface area contributed by atoms with Crippen molar-refractivity contribution in [2.45, 2.75) is 31.9 Å². The molecule has 1 aliphatic heterocycles. The summed E-state index contributed by atoms with van der Waals surface area (Å²) in [4.78, 5) is 13.0. The molecular formula is C21H26N2O5S. The Morgan fingerprint density at radius 1 is 1.24 bits per heavy atom. The highest BCUT2D eigenvalue weighted by Crippen LogP contribution is 2.41. The maximum atomic E-state index is 13.0. The molecule has 1 atom stereocenters. The molecule has 0 radical (unpaired) electrons. The van der Waals surface area contributed by atoms with Crippen LogP contribution in [0.15, 0.2) is 42.5 Å². The third-order valence-corrected chi connectivity index (χ3v) is 6.15. The lowest BCUT2D eigenvalue weighted by Gasteiger charge is -2.38. The van der Waals surface area contributed by atoms with Gasteiger partial charge in [0.25, 0.3) is 5.91 Å². The second kappa shape index (κ2) is 7.59. The predicted octanol–water partition coefficient (Wildman–Crippen LogP) is 3.12. The van der Waals surface area contributed by atoms with Crippen molar-refractivity contribution in [3.05, 3.63) is 53.6 Å². The van der Waals surface area contributed by atoms with Gasteiger partial charge in [0.05, 0.1) is 25.1 Å². The van der Waals surface area contributed by atoms with Crippen molar-refractivity contribution in [3.8, 4) is 11.5 Å². The van der Waals surface area contributed by atoms with Gasteiger partial charge >= 0.3 is 0 Å². The van der Waals surface area contributed by atoms with Gasteiger partial charge in [-0.05, 0) is 50.2 Å². The summed E-state index contributed by atoms with van der Waals surface area (Å²) in [7, 11) is -0.373. The molecule has 8 heteroatoms. The van der Waals surface area contributed by atoms with Gasteiger partial charge in [-0.1, -0.05) is 6.07 Å². The van der Waals surface area contributed by atoms with Crippen molar-refractivity contribution < 1.29 is 22.7 Å². The molecule has 1 amide bonds. The van der Waals surface area contributed by atoms with Crippen molar-refractivity contribution in [3.63, 3.8) is 0 Å². The van der Waals surface area contributed by atoms with Gasteiger partial charge in [-0.3, -0.25) is 9.10 Å². The van der Waals surface area contributed by atoms with Crippen LogP contribution in [-0.2, 0) is 10.0 Å². The normalized spacial score (nSPS) is 17.6. The first-order valence-electron chi connectivity index (χ1n) is 9.22. The predicted molar refractivity (Wildman–Crippen MR) is 112 cm³/mol. The van der Waals surface area contributed by atoms with Crippen molar-refractivity contribution >= 4 is 21.6 Å². The van der Waals surface area contributed by atoms with Crippen molar-refractivity contribution in [2.24, 2.45) is 0 Å². The number of nitrogens with one attached hydrogen (secondary N) is 1. The van der Waals surface area contributed by atoms with E-state index >= 15 is 0 Å². The van der Waals surface area contributed by atoms with Gasteiger partial charge in [-0.15, -0.1) is 0 Å². The summed E-state index contributed by atoms with van der Waals surface area (Å²) in [5.41, 5.74) is 1.21. The number of hydrogen-bond donors (Lipinski definition) is 1. The molecule has 2 aromatic carbocycles. The number of hydrogen-bond acceptors (Lipinski definition) is 5. The highest BCUT2D eigenvalue weighted by atomic mass is 32.2. The van der Waals surface area contributed by atoms with E-state index in [1.54, 1.807) is 31.4 Å². The average Bonchev–Trinajstić information content (AvgIpc) is 2.65. The maximum Gasteiger partial charge on any atom is 0.251 e. The molecule has 1 heterocycles. The molecular weight excluding hydrogens is 392 g/mol. The highest BCUT2D eigenvalue weighted by Gasteiger charge is 2.35. The van der Waals surface area contributed by atoms with Gasteiger partial charge in [0.1, 0.15) is 17.1 Å². The quantitative estimate of drug-likeness (QED) is 0.806. The number of rotatable bonds is 5. The summed E-state index contributed by atoms with van der Waals surface area (Å²) >= 11 is 0. The third-order valence-electron chi connectivity index (χ3n) is 4.95. The molecule has 2 aromatic rings. The van der Waals surface area contributed by atoms with E-state index in [1.165, 1.54) is 7.05 Å². The van der Waals surface area contributed by atoms with E-state index in [0.717, 1.165) is 16.1 Å². The van der Waals surface area contributed by atoms with E-state index < -0.39 is 15.6 Å². The number of benzene rings is 2. The van der Waals surface area contributed by atoms with Crippen molar-refractivity contribution in [1.29, 1.82) is 0 Å². The maximum absolute atomic E-state index is 13.0. The molecule has 1 aliphatic rings. The second-order valence-corrected chi connectivity index (χ2v) is 9.79. The number of amides is 1. The molecule has 156 valence electrons. The molecule has 0 spiro atoms. The minimum atomic E-state index is -3.42. The number of carbonyl (C=O) groups is 1. The van der Waals surface area contributed by atoms with Crippen LogP contribution in [0.3, 0.4) is 0 Å². The van der Waals surface area contributed by atoms with Crippen LogP contribution in [0, 0.1) is 0 Å². The zero-order valence-electron chi connectivity index (χ0n) is 17.2. The summed E-state index contributed by atoms with van der Waals surface area (Å²) in [6, 6.07) is 11.8. The molecule has 0 aromatic heterocycles. The van der Waals surface area contributed by atoms with Crippen molar-refractivity contribution in [2.75, 3.05) is 24.7 Å². The number of methoxy groups -OCH3 is 1. The largest absolute Gasteiger partial charge is 0.497 e. The van der Waals surface area contributed by atoms with E-state index in [-0.39, 0.29) is 11.9 Å². The Kier molecular flexibility index (Phi) is 5.49. The van der Waals surface area contributed by atoms with Gasteiger partial charge in [0.2, 0.25) is 10.0 Å². The molecule has 3 rings (SSSR count). The topological polar surface area (TPSA) is 84.9 Å². The lowest BCUT2D eigenvalue weighted by molar-refractivity contribution is 0.0618. The zero-order valence-corrected chi connectivity index (χ0v) is 18.0. The van der Waals surface area contributed by atoms with Gasteiger partial charge < -0.3 is 14.8 Å². The fraction of sp³-hybridized carbons (Fsp3) is 0.381. The Morgan fingerprint density at radius 2 is 1.97 bits per heavy atom. The van der Waals surface area contributed by atoms with Crippen molar-refractivity contribution in [1.82, 2.24) is 5.32 Å². The Bertz CT molecular complexity index is 1030. The Hall–Kier alpha value is -2.74. The van der Waals surface area contributed by atoms with E-state index in [1.807, 2.05) is 32.0 Å². The standard InChI is InChI=1S/C21H26N2O5S/c1-21(2)13-18(17-12-16(27-4)9-10-19(17)28-21)22-20(24)14-7-6-8-15(11-14)23(3)29(5,25)26/h6-12,18H,13H2,1-5H3,(H,22,24)/t18-/m0/s1. The molecule has 0 saturated carbocycles. The van der Waals surface area contributed by atoms with Crippen LogP contribution < -0.4 is 19.1 Å². The summed E-state index contributed by atoms with van der Waals surface area (Å²) < 4.78 is 36.1. The monoisotopic (exact) mass is 418 g/mol. The minimum absolute atomic E-state index is 0.271. The van der Waals surface area contributed by atoms with E-state index in [0.29, 0.717) is 29.2 Å². The summed E-state index contributed by atoms with van der Waals surface area (Å²) in [5, 5.41) is 3.06. The molecule has 29 heavy (non-hydrogen) atoms. The van der Waals surface area contributed by atoms with Gasteiger partial charge in [-0.25, -0.2) is 8.42 Å². The van der Waals surface area contributed by atoms with E-state index in [9.17, 15) is 13.2 Å². The smallest absolute Gasteiger partial charge is 0.251 e. The molecule has 1 N–H and O–H groups in total. The van der Waals surface area contributed by atoms with Crippen LogP contribution in [-0.4, -0.2) is 40.3 Å². The molecule has 0 fully saturated rings. The summed E-state index contributed by atoms with van der Waals surface area (Å²) in [6.07, 6.45) is 1.70. The third kappa shape index (κ3) is 4.64. The Labute approximate surface area is 171 Å². The van der Waals surface area contributed by atoms with Crippen LogP contribution in [0.1, 0.15) is 42.2 Å². The number of sulfonamides is 1. The molecule has 0 aliphatic carbocycles. The zero-order chi connectivity index (χ0) is 21.4.